The number of rotatable bonds is 6. The van der Waals surface area contributed by atoms with Crippen molar-refractivity contribution in [3.63, 3.8) is 0 Å². The number of anilines is 2. The topological polar surface area (TPSA) is 33.3 Å². The molecule has 0 aliphatic rings. The quantitative estimate of drug-likeness (QED) is 0.600. The second kappa shape index (κ2) is 8.27. The van der Waals surface area contributed by atoms with E-state index < -0.39 is 0 Å². The molecule has 2 rings (SSSR count). The number of para-hydroxylation sites is 1. The van der Waals surface area contributed by atoms with Crippen LogP contribution in [-0.2, 0) is 0 Å². The van der Waals surface area contributed by atoms with E-state index in [1.807, 2.05) is 54.6 Å². The third-order valence-electron chi connectivity index (χ3n) is 2.91. The van der Waals surface area contributed by atoms with Crippen LogP contribution >= 0.6 is 12.2 Å². The molecule has 110 valence electrons. The Morgan fingerprint density at radius 3 is 2.19 bits per heavy atom. The lowest BCUT2D eigenvalue weighted by Gasteiger charge is -2.11. The second-order valence-electron chi connectivity index (χ2n) is 4.67. The molecule has 0 spiro atoms. The van der Waals surface area contributed by atoms with Gasteiger partial charge in [-0.3, -0.25) is 0 Å². The summed E-state index contributed by atoms with van der Waals surface area (Å²) in [5.41, 5.74) is 1.90. The van der Waals surface area contributed by atoms with Crippen molar-refractivity contribution in [1.29, 1.82) is 0 Å². The molecule has 0 aliphatic heterocycles. The van der Waals surface area contributed by atoms with Crippen molar-refractivity contribution < 1.29 is 4.74 Å². The minimum Gasteiger partial charge on any atom is -0.494 e. The first-order valence-corrected chi connectivity index (χ1v) is 7.54. The number of nitrogens with one attached hydrogen (secondary N) is 2. The average molecular weight is 300 g/mol. The molecule has 2 aromatic carbocycles. The molecule has 2 N–H and O–H groups in total. The van der Waals surface area contributed by atoms with Crippen molar-refractivity contribution in [3.05, 3.63) is 54.6 Å². The third kappa shape index (κ3) is 5.44. The summed E-state index contributed by atoms with van der Waals surface area (Å²) in [6.45, 7) is 2.91. The highest BCUT2D eigenvalue weighted by molar-refractivity contribution is 7.80. The number of ether oxygens (including phenoxy) is 1. The monoisotopic (exact) mass is 300 g/mol. The van der Waals surface area contributed by atoms with Crippen LogP contribution in [0.4, 0.5) is 11.4 Å². The fraction of sp³-hybridized carbons (Fsp3) is 0.235. The summed E-state index contributed by atoms with van der Waals surface area (Å²) in [7, 11) is 0. The molecule has 0 saturated heterocycles. The van der Waals surface area contributed by atoms with Gasteiger partial charge in [-0.25, -0.2) is 0 Å². The molecule has 3 nitrogen and oxygen atoms in total. The zero-order chi connectivity index (χ0) is 14.9. The molecular weight excluding hydrogens is 280 g/mol. The zero-order valence-corrected chi connectivity index (χ0v) is 13.0. The number of hydrogen-bond donors (Lipinski definition) is 2. The SMILES string of the molecule is CCCCOc1ccc(NC(=S)Nc2ccccc2)cc1. The Hall–Kier alpha value is -2.07. The molecule has 2 aromatic rings. The van der Waals surface area contributed by atoms with Gasteiger partial charge in [0, 0.05) is 11.4 Å². The van der Waals surface area contributed by atoms with Crippen LogP contribution in [-0.4, -0.2) is 11.7 Å². The molecule has 0 heterocycles. The first kappa shape index (κ1) is 15.3. The van der Waals surface area contributed by atoms with Crippen molar-refractivity contribution in [2.75, 3.05) is 17.2 Å². The average Bonchev–Trinajstić information content (AvgIpc) is 2.50. The molecule has 0 unspecified atom stereocenters. The van der Waals surface area contributed by atoms with E-state index in [4.69, 9.17) is 17.0 Å². The van der Waals surface area contributed by atoms with Crippen molar-refractivity contribution in [2.24, 2.45) is 0 Å². The molecule has 4 heteroatoms. The predicted octanol–water partition coefficient (Wildman–Crippen LogP) is 4.67. The van der Waals surface area contributed by atoms with E-state index in [1.54, 1.807) is 0 Å². The van der Waals surface area contributed by atoms with Crippen LogP contribution in [0.2, 0.25) is 0 Å². The number of hydrogen-bond acceptors (Lipinski definition) is 2. The van der Waals surface area contributed by atoms with Gasteiger partial charge in [-0.15, -0.1) is 0 Å². The molecule has 0 aliphatic carbocycles. The Bertz CT molecular complexity index is 555. The lowest BCUT2D eigenvalue weighted by atomic mass is 10.3. The maximum Gasteiger partial charge on any atom is 0.175 e. The van der Waals surface area contributed by atoms with Crippen molar-refractivity contribution in [1.82, 2.24) is 0 Å². The number of benzene rings is 2. The van der Waals surface area contributed by atoms with Gasteiger partial charge in [-0.1, -0.05) is 31.5 Å². The van der Waals surface area contributed by atoms with Crippen LogP contribution in [0.3, 0.4) is 0 Å². The van der Waals surface area contributed by atoms with E-state index in [0.717, 1.165) is 36.6 Å². The lowest BCUT2D eigenvalue weighted by molar-refractivity contribution is 0.309. The van der Waals surface area contributed by atoms with Crippen molar-refractivity contribution >= 4 is 28.7 Å². The molecule has 0 atom stereocenters. The van der Waals surface area contributed by atoms with Crippen molar-refractivity contribution in [3.8, 4) is 5.75 Å². The molecule has 0 radical (unpaired) electrons. The van der Waals surface area contributed by atoms with Crippen LogP contribution in [0, 0.1) is 0 Å². The van der Waals surface area contributed by atoms with Gasteiger partial charge in [0.1, 0.15) is 5.75 Å². The minimum absolute atomic E-state index is 0.570. The number of unbranched alkanes of at least 4 members (excludes halogenated alkanes) is 1. The maximum absolute atomic E-state index is 5.63. The van der Waals surface area contributed by atoms with Gasteiger partial charge < -0.3 is 15.4 Å². The summed E-state index contributed by atoms with van der Waals surface area (Å²) in [6, 6.07) is 17.7. The first-order valence-electron chi connectivity index (χ1n) is 7.14. The molecule has 0 aromatic heterocycles. The molecule has 0 bridgehead atoms. The number of thiocarbonyl (C=S) groups is 1. The van der Waals surface area contributed by atoms with Crippen LogP contribution in [0.5, 0.6) is 5.75 Å². The summed E-state index contributed by atoms with van der Waals surface area (Å²) in [5, 5.41) is 6.86. The van der Waals surface area contributed by atoms with Crippen molar-refractivity contribution in [2.45, 2.75) is 19.8 Å². The van der Waals surface area contributed by atoms with Gasteiger partial charge in [-0.2, -0.15) is 0 Å². The van der Waals surface area contributed by atoms with Gasteiger partial charge in [-0.05, 0) is 55.0 Å². The van der Waals surface area contributed by atoms with Crippen LogP contribution < -0.4 is 15.4 Å². The van der Waals surface area contributed by atoms with Gasteiger partial charge in [0.05, 0.1) is 6.61 Å². The predicted molar refractivity (Wildman–Crippen MR) is 93.1 cm³/mol. The Balaban J connectivity index is 1.83. The van der Waals surface area contributed by atoms with Gasteiger partial charge in [0.25, 0.3) is 0 Å². The van der Waals surface area contributed by atoms with Crippen LogP contribution in [0.15, 0.2) is 54.6 Å². The molecule has 0 amide bonds. The van der Waals surface area contributed by atoms with Crippen LogP contribution in [0.1, 0.15) is 19.8 Å². The summed E-state index contributed by atoms with van der Waals surface area (Å²) in [6.07, 6.45) is 2.21. The van der Waals surface area contributed by atoms with E-state index in [0.29, 0.717) is 5.11 Å². The van der Waals surface area contributed by atoms with E-state index in [-0.39, 0.29) is 0 Å². The molecular formula is C17H20N2OS. The van der Waals surface area contributed by atoms with Gasteiger partial charge >= 0.3 is 0 Å². The maximum atomic E-state index is 5.63. The summed E-state index contributed by atoms with van der Waals surface area (Å²) < 4.78 is 5.63. The molecule has 21 heavy (non-hydrogen) atoms. The fourth-order valence-corrected chi connectivity index (χ4v) is 2.02. The Kier molecular flexibility index (Phi) is 6.03. The zero-order valence-electron chi connectivity index (χ0n) is 12.1. The summed E-state index contributed by atoms with van der Waals surface area (Å²) in [4.78, 5) is 0. The fourth-order valence-electron chi connectivity index (χ4n) is 1.78. The van der Waals surface area contributed by atoms with E-state index >= 15 is 0 Å². The highest BCUT2D eigenvalue weighted by Gasteiger charge is 1.99. The van der Waals surface area contributed by atoms with Crippen LogP contribution in [0.25, 0.3) is 0 Å². The summed E-state index contributed by atoms with van der Waals surface area (Å²) >= 11 is 5.28. The normalized spacial score (nSPS) is 9.95. The largest absolute Gasteiger partial charge is 0.494 e. The Morgan fingerprint density at radius 2 is 1.57 bits per heavy atom. The van der Waals surface area contributed by atoms with Gasteiger partial charge in [0.2, 0.25) is 0 Å². The van der Waals surface area contributed by atoms with E-state index in [2.05, 4.69) is 17.6 Å². The van der Waals surface area contributed by atoms with Gasteiger partial charge in [0.15, 0.2) is 5.11 Å². The highest BCUT2D eigenvalue weighted by atomic mass is 32.1. The molecule has 0 fully saturated rings. The highest BCUT2D eigenvalue weighted by Crippen LogP contribution is 2.16. The summed E-state index contributed by atoms with van der Waals surface area (Å²) in [5.74, 6) is 0.885. The standard InChI is InChI=1S/C17H20N2OS/c1-2-3-13-20-16-11-9-15(10-12-16)19-17(21)18-14-7-5-4-6-8-14/h4-12H,2-3,13H2,1H3,(H2,18,19,21). The second-order valence-corrected chi connectivity index (χ2v) is 5.08. The minimum atomic E-state index is 0.570. The smallest absolute Gasteiger partial charge is 0.175 e. The first-order chi connectivity index (χ1) is 10.3. The lowest BCUT2D eigenvalue weighted by Crippen LogP contribution is -2.18. The van der Waals surface area contributed by atoms with E-state index in [9.17, 15) is 0 Å². The third-order valence-corrected chi connectivity index (χ3v) is 3.11. The Morgan fingerprint density at radius 1 is 0.952 bits per heavy atom. The Labute approximate surface area is 131 Å². The molecule has 0 saturated carbocycles. The van der Waals surface area contributed by atoms with E-state index in [1.165, 1.54) is 0 Å².